The van der Waals surface area contributed by atoms with Gasteiger partial charge in [-0.3, -0.25) is 14.9 Å². The van der Waals surface area contributed by atoms with E-state index in [-0.39, 0.29) is 17.6 Å². The van der Waals surface area contributed by atoms with Crippen molar-refractivity contribution in [3.05, 3.63) is 22.9 Å². The number of rotatable bonds is 6. The number of anilines is 1. The van der Waals surface area contributed by atoms with Gasteiger partial charge in [-0.05, 0) is 30.9 Å². The Bertz CT molecular complexity index is 837. The van der Waals surface area contributed by atoms with E-state index < -0.39 is 0 Å². The zero-order valence-corrected chi connectivity index (χ0v) is 16.4. The van der Waals surface area contributed by atoms with Crippen LogP contribution in [0.25, 0.3) is 0 Å². The van der Waals surface area contributed by atoms with E-state index in [1.807, 2.05) is 6.07 Å². The molecule has 1 N–H and O–H groups in total. The number of nitrogens with zero attached hydrogens (tertiary/aromatic N) is 4. The smallest absolute Gasteiger partial charge is 0.262 e. The van der Waals surface area contributed by atoms with Crippen molar-refractivity contribution in [3.63, 3.8) is 0 Å². The lowest BCUT2D eigenvalue weighted by Crippen LogP contribution is -2.23. The monoisotopic (exact) mass is 393 g/mol. The largest absolute Gasteiger partial charge is 0.480 e. The minimum atomic E-state index is -0.332. The molecule has 3 rings (SSSR count). The van der Waals surface area contributed by atoms with E-state index in [9.17, 15) is 9.59 Å². The van der Waals surface area contributed by atoms with Crippen molar-refractivity contribution in [1.82, 2.24) is 20.1 Å². The third-order valence-corrected chi connectivity index (χ3v) is 5.86. The Labute approximate surface area is 159 Å². The molecule has 0 atom stereocenters. The maximum atomic E-state index is 12.6. The van der Waals surface area contributed by atoms with Gasteiger partial charge in [0.15, 0.2) is 4.34 Å². The van der Waals surface area contributed by atoms with Crippen LogP contribution in [0.3, 0.4) is 0 Å². The predicted octanol–water partition coefficient (Wildman–Crippen LogP) is 1.86. The molecule has 0 saturated heterocycles. The molecule has 2 aromatic heterocycles. The second kappa shape index (κ2) is 8.00. The van der Waals surface area contributed by atoms with Crippen molar-refractivity contribution < 1.29 is 14.3 Å². The Morgan fingerprint density at radius 2 is 2.15 bits per heavy atom. The van der Waals surface area contributed by atoms with Gasteiger partial charge in [-0.1, -0.05) is 23.1 Å². The fourth-order valence-electron chi connectivity index (χ4n) is 2.51. The van der Waals surface area contributed by atoms with Crippen LogP contribution < -0.4 is 10.1 Å². The first-order chi connectivity index (χ1) is 12.5. The number of fused-ring (bicyclic) bond motifs is 1. The van der Waals surface area contributed by atoms with Crippen molar-refractivity contribution in [1.29, 1.82) is 0 Å². The maximum absolute atomic E-state index is 12.6. The van der Waals surface area contributed by atoms with Crippen molar-refractivity contribution >= 4 is 40.0 Å². The number of amides is 2. The standard InChI is InChI=1S/C16H19N5O3S2/c1-21(2)12(22)8-25-16-20-19-15(26-16)18-13(23)10-7-9-5-4-6-11(9)17-14(10)24-3/h7H,4-6,8H2,1-3H3,(H,18,19,23). The van der Waals surface area contributed by atoms with Crippen LogP contribution in [0.15, 0.2) is 10.4 Å². The Morgan fingerprint density at radius 3 is 2.88 bits per heavy atom. The molecule has 1 aliphatic carbocycles. The van der Waals surface area contributed by atoms with Gasteiger partial charge in [0.25, 0.3) is 5.91 Å². The molecule has 0 bridgehead atoms. The van der Waals surface area contributed by atoms with Crippen molar-refractivity contribution in [2.24, 2.45) is 0 Å². The first kappa shape index (κ1) is 18.6. The lowest BCUT2D eigenvalue weighted by molar-refractivity contribution is -0.125. The van der Waals surface area contributed by atoms with E-state index in [1.165, 1.54) is 35.1 Å². The van der Waals surface area contributed by atoms with Crippen LogP contribution in [0.5, 0.6) is 5.88 Å². The lowest BCUT2D eigenvalue weighted by Gasteiger charge is -2.09. The molecule has 0 fully saturated rings. The normalized spacial score (nSPS) is 12.6. The Kier molecular flexibility index (Phi) is 5.72. The predicted molar refractivity (Wildman–Crippen MR) is 100 cm³/mol. The quantitative estimate of drug-likeness (QED) is 0.591. The number of hydrogen-bond donors (Lipinski definition) is 1. The molecule has 138 valence electrons. The number of carbonyl (C=O) groups excluding carboxylic acids is 2. The molecule has 8 nitrogen and oxygen atoms in total. The van der Waals surface area contributed by atoms with Gasteiger partial charge < -0.3 is 9.64 Å². The zero-order chi connectivity index (χ0) is 18.7. The number of aromatic nitrogens is 3. The van der Waals surface area contributed by atoms with E-state index in [0.717, 1.165) is 30.5 Å². The highest BCUT2D eigenvalue weighted by Crippen LogP contribution is 2.29. The first-order valence-corrected chi connectivity index (χ1v) is 9.82. The van der Waals surface area contributed by atoms with Crippen molar-refractivity contribution in [2.75, 3.05) is 32.3 Å². The number of thioether (sulfide) groups is 1. The summed E-state index contributed by atoms with van der Waals surface area (Å²) in [6, 6.07) is 1.84. The molecule has 1 aliphatic rings. The molecule has 26 heavy (non-hydrogen) atoms. The average molecular weight is 393 g/mol. The van der Waals surface area contributed by atoms with Gasteiger partial charge in [0.05, 0.1) is 12.9 Å². The van der Waals surface area contributed by atoms with E-state index in [2.05, 4.69) is 20.5 Å². The molecule has 0 aliphatic heterocycles. The van der Waals surface area contributed by atoms with Gasteiger partial charge in [-0.2, -0.15) is 0 Å². The molecule has 10 heteroatoms. The summed E-state index contributed by atoms with van der Waals surface area (Å²) in [4.78, 5) is 30.2. The number of hydrogen-bond acceptors (Lipinski definition) is 8. The number of methoxy groups -OCH3 is 1. The topological polar surface area (TPSA) is 97.3 Å². The van der Waals surface area contributed by atoms with E-state index in [4.69, 9.17) is 4.74 Å². The van der Waals surface area contributed by atoms with Gasteiger partial charge in [-0.25, -0.2) is 4.98 Å². The first-order valence-electron chi connectivity index (χ1n) is 8.02. The van der Waals surface area contributed by atoms with E-state index in [0.29, 0.717) is 20.9 Å². The Hall–Kier alpha value is -2.20. The second-order valence-corrected chi connectivity index (χ2v) is 8.11. The number of aryl methyl sites for hydroxylation is 2. The summed E-state index contributed by atoms with van der Waals surface area (Å²) in [7, 11) is 4.90. The molecule has 0 aromatic carbocycles. The molecule has 0 saturated carbocycles. The molecule has 0 spiro atoms. The van der Waals surface area contributed by atoms with Crippen LogP contribution in [0.2, 0.25) is 0 Å². The van der Waals surface area contributed by atoms with Gasteiger partial charge >= 0.3 is 0 Å². The van der Waals surface area contributed by atoms with Gasteiger partial charge in [0.1, 0.15) is 5.56 Å². The molecular weight excluding hydrogens is 374 g/mol. The molecular formula is C16H19N5O3S2. The fraction of sp³-hybridized carbons (Fsp3) is 0.438. The van der Waals surface area contributed by atoms with Crippen LogP contribution in [0.4, 0.5) is 5.13 Å². The number of pyridine rings is 1. The summed E-state index contributed by atoms with van der Waals surface area (Å²) in [6.07, 6.45) is 2.88. The Morgan fingerprint density at radius 1 is 1.35 bits per heavy atom. The summed E-state index contributed by atoms with van der Waals surface area (Å²) >= 11 is 2.52. The summed E-state index contributed by atoms with van der Waals surface area (Å²) in [6.45, 7) is 0. The van der Waals surface area contributed by atoms with Crippen LogP contribution in [-0.2, 0) is 17.6 Å². The highest BCUT2D eigenvalue weighted by atomic mass is 32.2. The number of ether oxygens (including phenoxy) is 1. The summed E-state index contributed by atoms with van der Waals surface area (Å²) < 4.78 is 5.89. The molecule has 2 heterocycles. The third-order valence-electron chi connectivity index (χ3n) is 3.90. The highest BCUT2D eigenvalue weighted by molar-refractivity contribution is 8.01. The third kappa shape index (κ3) is 4.13. The fourth-order valence-corrected chi connectivity index (χ4v) is 4.23. The minimum Gasteiger partial charge on any atom is -0.480 e. The molecule has 0 unspecified atom stereocenters. The van der Waals surface area contributed by atoms with Crippen molar-refractivity contribution in [3.8, 4) is 5.88 Å². The minimum absolute atomic E-state index is 0.00950. The maximum Gasteiger partial charge on any atom is 0.262 e. The van der Waals surface area contributed by atoms with Crippen LogP contribution in [0, 0.1) is 0 Å². The van der Waals surface area contributed by atoms with Gasteiger partial charge in [-0.15, -0.1) is 10.2 Å². The van der Waals surface area contributed by atoms with Crippen molar-refractivity contribution in [2.45, 2.75) is 23.6 Å². The number of nitrogens with one attached hydrogen (secondary N) is 1. The van der Waals surface area contributed by atoms with Crippen LogP contribution >= 0.6 is 23.1 Å². The summed E-state index contributed by atoms with van der Waals surface area (Å²) in [5.74, 6) is 0.253. The number of carbonyl (C=O) groups is 2. The van der Waals surface area contributed by atoms with Gasteiger partial charge in [0.2, 0.25) is 16.9 Å². The second-order valence-electron chi connectivity index (χ2n) is 5.91. The SMILES string of the molecule is COc1nc2c(cc1C(=O)Nc1nnc(SCC(=O)N(C)C)s1)CCC2. The lowest BCUT2D eigenvalue weighted by atomic mass is 10.1. The molecule has 2 amide bonds. The molecule has 2 aromatic rings. The zero-order valence-electron chi connectivity index (χ0n) is 14.7. The van der Waals surface area contributed by atoms with Crippen LogP contribution in [0.1, 0.15) is 28.0 Å². The van der Waals surface area contributed by atoms with Gasteiger partial charge in [0, 0.05) is 19.8 Å². The summed E-state index contributed by atoms with van der Waals surface area (Å²) in [5.41, 5.74) is 2.48. The highest BCUT2D eigenvalue weighted by Gasteiger charge is 2.22. The Balaban J connectivity index is 1.68. The molecule has 0 radical (unpaired) electrons. The van der Waals surface area contributed by atoms with E-state index >= 15 is 0 Å². The average Bonchev–Trinajstić information content (AvgIpc) is 3.26. The van der Waals surface area contributed by atoms with Crippen LogP contribution in [-0.4, -0.2) is 58.9 Å². The summed E-state index contributed by atoms with van der Waals surface area (Å²) in [5, 5.41) is 11.1. The van der Waals surface area contributed by atoms with E-state index in [1.54, 1.807) is 14.1 Å².